The number of unbranched alkanes of at least 4 members (excludes halogenated alkanes) is 1. The third-order valence-corrected chi connectivity index (χ3v) is 4.48. The molecule has 0 aromatic heterocycles. The fraction of sp³-hybridized carbons (Fsp3) is 0.600. The van der Waals surface area contributed by atoms with Gasteiger partial charge in [-0.05, 0) is 33.3 Å². The quantitative estimate of drug-likeness (QED) is 0.284. The molecule has 0 rings (SSSR count). The average Bonchev–Trinajstić information content (AvgIpc) is 2.42. The molecule has 0 aliphatic carbocycles. The molecule has 0 bridgehead atoms. The van der Waals surface area contributed by atoms with Crippen LogP contribution in [0.15, 0.2) is 24.3 Å². The van der Waals surface area contributed by atoms with Gasteiger partial charge in [-0.3, -0.25) is 9.35 Å². The summed E-state index contributed by atoms with van der Waals surface area (Å²) < 4.78 is 37.7. The minimum absolute atomic E-state index is 0.0321. The molecule has 23 heavy (non-hydrogen) atoms. The molecule has 0 heterocycles. The van der Waals surface area contributed by atoms with E-state index in [2.05, 4.69) is 11.9 Å². The maximum absolute atomic E-state index is 11.8. The van der Waals surface area contributed by atoms with Crippen molar-refractivity contribution in [2.45, 2.75) is 51.3 Å². The van der Waals surface area contributed by atoms with E-state index in [0.29, 0.717) is 6.42 Å². The summed E-state index contributed by atoms with van der Waals surface area (Å²) in [4.78, 5) is 23.3. The van der Waals surface area contributed by atoms with E-state index < -0.39 is 32.8 Å². The van der Waals surface area contributed by atoms with Gasteiger partial charge in [0.2, 0.25) is 5.91 Å². The van der Waals surface area contributed by atoms with Gasteiger partial charge in [-0.25, -0.2) is 4.79 Å². The SMILES string of the molecule is C=CC(=O)NC(C)(C)C(/C=C(\C)C(=O)OCCCC)S(=O)(=O)O. The molecule has 1 unspecified atom stereocenters. The molecular weight excluding hydrogens is 322 g/mol. The minimum atomic E-state index is -4.56. The molecule has 0 aromatic carbocycles. The zero-order valence-electron chi connectivity index (χ0n) is 14.0. The number of hydrogen-bond acceptors (Lipinski definition) is 5. The molecule has 0 fully saturated rings. The second kappa shape index (κ2) is 8.83. The van der Waals surface area contributed by atoms with Gasteiger partial charge in [0.1, 0.15) is 5.25 Å². The molecule has 7 nitrogen and oxygen atoms in total. The molecule has 8 heteroatoms. The van der Waals surface area contributed by atoms with E-state index in [1.807, 2.05) is 6.92 Å². The van der Waals surface area contributed by atoms with Crippen LogP contribution in [0.5, 0.6) is 0 Å². The Bertz CT molecular complexity index is 577. The number of amides is 1. The van der Waals surface area contributed by atoms with Gasteiger partial charge < -0.3 is 10.1 Å². The first kappa shape index (κ1) is 21.3. The highest BCUT2D eigenvalue weighted by atomic mass is 32.2. The van der Waals surface area contributed by atoms with Crippen LogP contribution in [0.1, 0.15) is 40.5 Å². The molecule has 0 spiro atoms. The van der Waals surface area contributed by atoms with E-state index in [1.54, 1.807) is 0 Å². The van der Waals surface area contributed by atoms with Gasteiger partial charge in [-0.1, -0.05) is 26.0 Å². The van der Waals surface area contributed by atoms with Crippen molar-refractivity contribution in [1.29, 1.82) is 0 Å². The Kier molecular flexibility index (Phi) is 8.19. The van der Waals surface area contributed by atoms with Crippen molar-refractivity contribution in [2.24, 2.45) is 0 Å². The summed E-state index contributed by atoms with van der Waals surface area (Å²) in [5.74, 6) is -1.27. The standard InChI is InChI=1S/C15H25NO6S/c1-6-8-9-22-14(18)11(3)10-12(23(19,20)21)15(4,5)16-13(17)7-2/h7,10,12H,2,6,8-9H2,1,3-5H3,(H,16,17)(H,19,20,21)/b11-10+. The summed E-state index contributed by atoms with van der Waals surface area (Å²) in [6.07, 6.45) is 3.61. The predicted octanol–water partition coefficient (Wildman–Crippen LogP) is 1.61. The summed E-state index contributed by atoms with van der Waals surface area (Å²) in [5, 5.41) is 0.900. The Labute approximate surface area is 137 Å². The maximum atomic E-state index is 11.8. The van der Waals surface area contributed by atoms with Gasteiger partial charge in [0.05, 0.1) is 12.1 Å². The van der Waals surface area contributed by atoms with Gasteiger partial charge in [0, 0.05) is 5.57 Å². The molecule has 0 aromatic rings. The number of carbonyl (C=O) groups excluding carboxylic acids is 2. The molecule has 1 amide bonds. The lowest BCUT2D eigenvalue weighted by Crippen LogP contribution is -2.54. The van der Waals surface area contributed by atoms with E-state index in [9.17, 15) is 22.6 Å². The highest BCUT2D eigenvalue weighted by Crippen LogP contribution is 2.20. The summed E-state index contributed by atoms with van der Waals surface area (Å²) in [6, 6.07) is 0. The number of esters is 1. The summed E-state index contributed by atoms with van der Waals surface area (Å²) in [5.41, 5.74) is -1.33. The van der Waals surface area contributed by atoms with Crippen LogP contribution in [-0.4, -0.2) is 42.2 Å². The van der Waals surface area contributed by atoms with Gasteiger partial charge in [0.15, 0.2) is 0 Å². The van der Waals surface area contributed by atoms with Crippen LogP contribution in [-0.2, 0) is 24.4 Å². The molecule has 0 aliphatic heterocycles. The van der Waals surface area contributed by atoms with Crippen molar-refractivity contribution in [3.63, 3.8) is 0 Å². The van der Waals surface area contributed by atoms with Crippen molar-refractivity contribution in [3.8, 4) is 0 Å². The molecule has 0 aliphatic rings. The topological polar surface area (TPSA) is 110 Å². The highest BCUT2D eigenvalue weighted by Gasteiger charge is 2.38. The smallest absolute Gasteiger partial charge is 0.333 e. The third kappa shape index (κ3) is 7.43. The first-order chi connectivity index (χ1) is 10.5. The van der Waals surface area contributed by atoms with Crippen LogP contribution >= 0.6 is 0 Å². The second-order valence-electron chi connectivity index (χ2n) is 5.69. The van der Waals surface area contributed by atoms with Crippen LogP contribution in [0.3, 0.4) is 0 Å². The van der Waals surface area contributed by atoms with E-state index in [0.717, 1.165) is 18.6 Å². The first-order valence-electron chi connectivity index (χ1n) is 7.22. The Balaban J connectivity index is 5.42. The Morgan fingerprint density at radius 3 is 2.39 bits per heavy atom. The normalized spacial score (nSPS) is 14.0. The number of ether oxygens (including phenoxy) is 1. The molecule has 132 valence electrons. The minimum Gasteiger partial charge on any atom is -0.462 e. The molecule has 0 saturated carbocycles. The second-order valence-corrected chi connectivity index (χ2v) is 7.23. The molecule has 0 saturated heterocycles. The molecule has 1 atom stereocenters. The fourth-order valence-electron chi connectivity index (χ4n) is 1.82. The zero-order chi connectivity index (χ0) is 18.3. The number of hydrogen-bond donors (Lipinski definition) is 2. The summed E-state index contributed by atoms with van der Waals surface area (Å²) in [7, 11) is -4.56. The predicted molar refractivity (Wildman–Crippen MR) is 87.4 cm³/mol. The van der Waals surface area contributed by atoms with Gasteiger partial charge in [0.25, 0.3) is 10.1 Å². The lowest BCUT2D eigenvalue weighted by molar-refractivity contribution is -0.139. The van der Waals surface area contributed by atoms with Crippen molar-refractivity contribution in [2.75, 3.05) is 6.61 Å². The van der Waals surface area contributed by atoms with Crippen molar-refractivity contribution < 1.29 is 27.3 Å². The van der Waals surface area contributed by atoms with Crippen LogP contribution in [0.2, 0.25) is 0 Å². The first-order valence-corrected chi connectivity index (χ1v) is 8.72. The summed E-state index contributed by atoms with van der Waals surface area (Å²) in [6.45, 7) is 9.67. The number of carbonyl (C=O) groups is 2. The van der Waals surface area contributed by atoms with Crippen LogP contribution in [0.4, 0.5) is 0 Å². The van der Waals surface area contributed by atoms with Crippen molar-refractivity contribution in [3.05, 3.63) is 24.3 Å². The number of nitrogens with one attached hydrogen (secondary N) is 1. The van der Waals surface area contributed by atoms with Gasteiger partial charge in [-0.15, -0.1) is 0 Å². The van der Waals surface area contributed by atoms with Crippen LogP contribution in [0, 0.1) is 0 Å². The number of rotatable bonds is 9. The molecule has 2 N–H and O–H groups in total. The Morgan fingerprint density at radius 2 is 1.96 bits per heavy atom. The molecule has 0 radical (unpaired) electrons. The van der Waals surface area contributed by atoms with E-state index in [4.69, 9.17) is 4.74 Å². The largest absolute Gasteiger partial charge is 0.462 e. The third-order valence-electron chi connectivity index (χ3n) is 3.12. The van der Waals surface area contributed by atoms with Crippen LogP contribution in [0.25, 0.3) is 0 Å². The average molecular weight is 347 g/mol. The lowest BCUT2D eigenvalue weighted by Gasteiger charge is -2.31. The van der Waals surface area contributed by atoms with Gasteiger partial charge in [-0.2, -0.15) is 8.42 Å². The van der Waals surface area contributed by atoms with E-state index in [-0.39, 0.29) is 12.2 Å². The fourth-order valence-corrected chi connectivity index (χ4v) is 3.00. The van der Waals surface area contributed by atoms with Crippen molar-refractivity contribution in [1.82, 2.24) is 5.32 Å². The maximum Gasteiger partial charge on any atom is 0.333 e. The van der Waals surface area contributed by atoms with Gasteiger partial charge >= 0.3 is 5.97 Å². The van der Waals surface area contributed by atoms with E-state index in [1.165, 1.54) is 20.8 Å². The monoisotopic (exact) mass is 347 g/mol. The lowest BCUT2D eigenvalue weighted by atomic mass is 9.98. The molecular formula is C15H25NO6S. The van der Waals surface area contributed by atoms with E-state index >= 15 is 0 Å². The van der Waals surface area contributed by atoms with Crippen LogP contribution < -0.4 is 5.32 Å². The Morgan fingerprint density at radius 1 is 1.39 bits per heavy atom. The van der Waals surface area contributed by atoms with Crippen molar-refractivity contribution >= 4 is 22.0 Å². The highest BCUT2D eigenvalue weighted by molar-refractivity contribution is 7.86. The Hall–Kier alpha value is -1.67. The summed E-state index contributed by atoms with van der Waals surface area (Å²) >= 11 is 0. The zero-order valence-corrected chi connectivity index (χ0v) is 14.8.